The third-order valence-corrected chi connectivity index (χ3v) is 3.82. The predicted molar refractivity (Wildman–Crippen MR) is 77.6 cm³/mol. The van der Waals surface area contributed by atoms with Crippen LogP contribution < -0.4 is 4.74 Å². The minimum atomic E-state index is -0.457. The van der Waals surface area contributed by atoms with Crippen LogP contribution in [-0.4, -0.2) is 31.0 Å². The molecule has 106 valence electrons. The lowest BCUT2D eigenvalue weighted by Gasteiger charge is -2.17. The quantitative estimate of drug-likeness (QED) is 0.819. The van der Waals surface area contributed by atoms with Crippen LogP contribution in [0.2, 0.25) is 0 Å². The van der Waals surface area contributed by atoms with E-state index in [-0.39, 0.29) is 18.3 Å². The predicted octanol–water partition coefficient (Wildman–Crippen LogP) is 2.97. The van der Waals surface area contributed by atoms with Gasteiger partial charge in [-0.3, -0.25) is 4.79 Å². The normalized spacial score (nSPS) is 10.3. The maximum atomic E-state index is 13.3. The molecular formula is C15H16FNO2S. The first-order valence-corrected chi connectivity index (χ1v) is 7.18. The molecule has 1 amide bonds. The van der Waals surface area contributed by atoms with E-state index in [4.69, 9.17) is 4.74 Å². The molecule has 1 aromatic heterocycles. The Labute approximate surface area is 121 Å². The van der Waals surface area contributed by atoms with Crippen LogP contribution in [0, 0.1) is 5.82 Å². The molecular weight excluding hydrogens is 277 g/mol. The van der Waals surface area contributed by atoms with E-state index in [9.17, 15) is 9.18 Å². The first-order chi connectivity index (χ1) is 9.66. The summed E-state index contributed by atoms with van der Waals surface area (Å²) in [6.45, 7) is 0.474. The second-order valence-electron chi connectivity index (χ2n) is 4.36. The number of para-hydroxylation sites is 1. The molecule has 0 saturated carbocycles. The number of amides is 1. The molecule has 0 spiro atoms. The van der Waals surface area contributed by atoms with Gasteiger partial charge >= 0.3 is 0 Å². The zero-order valence-electron chi connectivity index (χ0n) is 11.2. The number of likely N-dealkylation sites (N-methyl/N-ethyl adjacent to an activating group) is 1. The highest BCUT2D eigenvalue weighted by molar-refractivity contribution is 7.09. The summed E-state index contributed by atoms with van der Waals surface area (Å²) in [4.78, 5) is 14.7. The van der Waals surface area contributed by atoms with Crippen molar-refractivity contribution in [1.29, 1.82) is 0 Å². The average molecular weight is 293 g/mol. The highest BCUT2D eigenvalue weighted by Gasteiger charge is 2.11. The Morgan fingerprint density at radius 1 is 1.30 bits per heavy atom. The van der Waals surface area contributed by atoms with Crippen molar-refractivity contribution < 1.29 is 13.9 Å². The lowest BCUT2D eigenvalue weighted by molar-refractivity contribution is -0.132. The Morgan fingerprint density at radius 2 is 2.10 bits per heavy atom. The summed E-state index contributed by atoms with van der Waals surface area (Å²) >= 11 is 1.67. The lowest BCUT2D eigenvalue weighted by Crippen LogP contribution is -2.33. The van der Waals surface area contributed by atoms with Gasteiger partial charge in [0, 0.05) is 18.5 Å². The van der Waals surface area contributed by atoms with Gasteiger partial charge in [0.15, 0.2) is 18.2 Å². The monoisotopic (exact) mass is 293 g/mol. The van der Waals surface area contributed by atoms with Gasteiger partial charge in [0.25, 0.3) is 5.91 Å². The Balaban J connectivity index is 1.78. The zero-order valence-corrected chi connectivity index (χ0v) is 12.0. The molecule has 0 radical (unpaired) electrons. The molecule has 0 fully saturated rings. The van der Waals surface area contributed by atoms with Crippen molar-refractivity contribution >= 4 is 17.2 Å². The smallest absolute Gasteiger partial charge is 0.260 e. The molecule has 0 aliphatic rings. The number of nitrogens with zero attached hydrogens (tertiary/aromatic N) is 1. The molecule has 5 heteroatoms. The Bertz CT molecular complexity index is 557. The molecule has 0 aliphatic heterocycles. The highest BCUT2D eigenvalue weighted by atomic mass is 32.1. The second-order valence-corrected chi connectivity index (χ2v) is 5.40. The first-order valence-electron chi connectivity index (χ1n) is 6.30. The van der Waals surface area contributed by atoms with Gasteiger partial charge in [-0.25, -0.2) is 4.39 Å². The van der Waals surface area contributed by atoms with E-state index < -0.39 is 5.82 Å². The van der Waals surface area contributed by atoms with Crippen molar-refractivity contribution in [2.24, 2.45) is 0 Å². The van der Waals surface area contributed by atoms with Crippen molar-refractivity contribution in [3.05, 3.63) is 52.5 Å². The molecule has 0 bridgehead atoms. The van der Waals surface area contributed by atoms with Crippen molar-refractivity contribution in [2.45, 2.75) is 6.42 Å². The summed E-state index contributed by atoms with van der Waals surface area (Å²) in [5.41, 5.74) is 0. The van der Waals surface area contributed by atoms with Gasteiger partial charge in [0.2, 0.25) is 0 Å². The highest BCUT2D eigenvalue weighted by Crippen LogP contribution is 2.15. The number of carbonyl (C=O) groups excluding carboxylic acids is 1. The lowest BCUT2D eigenvalue weighted by atomic mass is 10.3. The van der Waals surface area contributed by atoms with E-state index in [1.54, 1.807) is 35.4 Å². The summed E-state index contributed by atoms with van der Waals surface area (Å²) in [6.07, 6.45) is 0.819. The molecule has 2 rings (SSSR count). The van der Waals surface area contributed by atoms with Crippen LogP contribution in [0.15, 0.2) is 41.8 Å². The number of hydrogen-bond acceptors (Lipinski definition) is 3. The van der Waals surface area contributed by atoms with Crippen molar-refractivity contribution in [3.63, 3.8) is 0 Å². The third kappa shape index (κ3) is 4.06. The average Bonchev–Trinajstić information content (AvgIpc) is 2.97. The summed E-state index contributed by atoms with van der Waals surface area (Å²) in [7, 11) is 1.72. The van der Waals surface area contributed by atoms with Gasteiger partial charge < -0.3 is 9.64 Å². The van der Waals surface area contributed by atoms with Crippen LogP contribution in [-0.2, 0) is 11.2 Å². The third-order valence-electron chi connectivity index (χ3n) is 2.89. The summed E-state index contributed by atoms with van der Waals surface area (Å²) in [6, 6.07) is 10.1. The minimum absolute atomic E-state index is 0.104. The summed E-state index contributed by atoms with van der Waals surface area (Å²) in [5, 5.41) is 2.01. The molecule has 1 heterocycles. The molecule has 0 aliphatic carbocycles. The van der Waals surface area contributed by atoms with Crippen LogP contribution in [0.3, 0.4) is 0 Å². The largest absolute Gasteiger partial charge is 0.481 e. The van der Waals surface area contributed by atoms with E-state index in [1.165, 1.54) is 17.0 Å². The van der Waals surface area contributed by atoms with E-state index in [2.05, 4.69) is 0 Å². The van der Waals surface area contributed by atoms with Crippen LogP contribution in [0.1, 0.15) is 4.88 Å². The van der Waals surface area contributed by atoms with Gasteiger partial charge in [-0.15, -0.1) is 11.3 Å². The number of halogens is 1. The number of carbonyl (C=O) groups is 1. The van der Waals surface area contributed by atoms with E-state index in [0.717, 1.165) is 6.42 Å². The number of thiophene rings is 1. The SMILES string of the molecule is CN(CCc1cccs1)C(=O)COc1ccccc1F. The topological polar surface area (TPSA) is 29.5 Å². The van der Waals surface area contributed by atoms with Gasteiger partial charge in [0.05, 0.1) is 0 Å². The number of benzene rings is 1. The standard InChI is InChI=1S/C15H16FNO2S/c1-17(9-8-12-5-4-10-20-12)15(18)11-19-14-7-3-2-6-13(14)16/h2-7,10H,8-9,11H2,1H3. The number of rotatable bonds is 6. The van der Waals surface area contributed by atoms with Crippen molar-refractivity contribution in [3.8, 4) is 5.75 Å². The van der Waals surface area contributed by atoms with E-state index >= 15 is 0 Å². The Morgan fingerprint density at radius 3 is 2.80 bits per heavy atom. The van der Waals surface area contributed by atoms with Gasteiger partial charge in [0.1, 0.15) is 0 Å². The van der Waals surface area contributed by atoms with Crippen LogP contribution >= 0.6 is 11.3 Å². The summed E-state index contributed by atoms with van der Waals surface area (Å²) < 4.78 is 18.5. The van der Waals surface area contributed by atoms with E-state index in [1.807, 2.05) is 17.5 Å². The van der Waals surface area contributed by atoms with E-state index in [0.29, 0.717) is 6.54 Å². The molecule has 20 heavy (non-hydrogen) atoms. The maximum Gasteiger partial charge on any atom is 0.260 e. The van der Waals surface area contributed by atoms with Gasteiger partial charge in [-0.1, -0.05) is 18.2 Å². The Kier molecular flexibility index (Phi) is 5.12. The zero-order chi connectivity index (χ0) is 14.4. The molecule has 1 aromatic carbocycles. The second kappa shape index (κ2) is 7.05. The number of ether oxygens (including phenoxy) is 1. The van der Waals surface area contributed by atoms with Crippen LogP contribution in [0.4, 0.5) is 4.39 Å². The Hall–Kier alpha value is -1.88. The fourth-order valence-corrected chi connectivity index (χ4v) is 2.37. The minimum Gasteiger partial charge on any atom is -0.481 e. The molecule has 0 N–H and O–H groups in total. The number of hydrogen-bond donors (Lipinski definition) is 0. The fraction of sp³-hybridized carbons (Fsp3) is 0.267. The van der Waals surface area contributed by atoms with Crippen molar-refractivity contribution in [2.75, 3.05) is 20.2 Å². The molecule has 0 unspecified atom stereocenters. The maximum absolute atomic E-state index is 13.3. The first kappa shape index (κ1) is 14.5. The molecule has 3 nitrogen and oxygen atoms in total. The van der Waals surface area contributed by atoms with Crippen LogP contribution in [0.25, 0.3) is 0 Å². The van der Waals surface area contributed by atoms with Gasteiger partial charge in [-0.2, -0.15) is 0 Å². The van der Waals surface area contributed by atoms with Crippen molar-refractivity contribution in [1.82, 2.24) is 4.90 Å². The molecule has 0 atom stereocenters. The molecule has 0 saturated heterocycles. The molecule has 2 aromatic rings. The summed E-state index contributed by atoms with van der Waals surface area (Å²) in [5.74, 6) is -0.515. The van der Waals surface area contributed by atoms with Gasteiger partial charge in [-0.05, 0) is 30.0 Å². The fourth-order valence-electron chi connectivity index (χ4n) is 1.67. The van der Waals surface area contributed by atoms with Crippen LogP contribution in [0.5, 0.6) is 5.75 Å².